The van der Waals surface area contributed by atoms with E-state index in [0.717, 1.165) is 25.7 Å². The number of nitrogens with one attached hydrogen (secondary N) is 2. The van der Waals surface area contributed by atoms with Gasteiger partial charge in [0, 0.05) is 24.9 Å². The minimum Gasteiger partial charge on any atom is -0.356 e. The number of carbonyl (C=O) groups is 2. The highest BCUT2D eigenvalue weighted by molar-refractivity contribution is 5.85. The van der Waals surface area contributed by atoms with Crippen LogP contribution in [0.3, 0.4) is 0 Å². The van der Waals surface area contributed by atoms with Gasteiger partial charge in [-0.25, -0.2) is 0 Å². The molecule has 1 unspecified atom stereocenters. The molecule has 0 aromatic heterocycles. The predicted octanol–water partition coefficient (Wildman–Crippen LogP) is 3.69. The Morgan fingerprint density at radius 2 is 1.52 bits per heavy atom. The Hall–Kier alpha value is -0.900. The van der Waals surface area contributed by atoms with Gasteiger partial charge in [0.05, 0.1) is 6.04 Å². The third-order valence-electron chi connectivity index (χ3n) is 3.87. The molecule has 0 fully saturated rings. The highest BCUT2D eigenvalue weighted by Gasteiger charge is 2.21. The number of hydrogen-bond donors (Lipinski definition) is 2. The van der Waals surface area contributed by atoms with E-state index in [0.29, 0.717) is 24.9 Å². The number of amides is 1. The van der Waals surface area contributed by atoms with Gasteiger partial charge in [0.2, 0.25) is 5.91 Å². The molecule has 2 N–H and O–H groups in total. The zero-order valence-corrected chi connectivity index (χ0v) is 16.1. The maximum atomic E-state index is 12.2. The van der Waals surface area contributed by atoms with Crippen LogP contribution in [-0.4, -0.2) is 30.3 Å². The number of Topliss-reactive ketones (excluding diaryl/α,β-unsaturated/α-hetero) is 1. The van der Waals surface area contributed by atoms with Crippen molar-refractivity contribution in [1.82, 2.24) is 10.6 Å². The Bertz CT molecular complexity index is 338. The van der Waals surface area contributed by atoms with Gasteiger partial charge in [-0.1, -0.05) is 54.4 Å². The van der Waals surface area contributed by atoms with Crippen molar-refractivity contribution in [3.63, 3.8) is 0 Å². The highest BCUT2D eigenvalue weighted by atomic mass is 16.1. The van der Waals surface area contributed by atoms with E-state index in [1.165, 1.54) is 6.42 Å². The third kappa shape index (κ3) is 12.2. The summed E-state index contributed by atoms with van der Waals surface area (Å²) in [6.45, 7) is 13.1. The predicted molar refractivity (Wildman–Crippen MR) is 97.5 cm³/mol. The summed E-state index contributed by atoms with van der Waals surface area (Å²) in [6, 6.07) is 0.191. The van der Waals surface area contributed by atoms with E-state index in [1.807, 2.05) is 13.8 Å². The van der Waals surface area contributed by atoms with Gasteiger partial charge < -0.3 is 10.6 Å². The summed E-state index contributed by atoms with van der Waals surface area (Å²) >= 11 is 0. The first-order chi connectivity index (χ1) is 10.7. The molecular formula is C19H38N2O2. The van der Waals surface area contributed by atoms with Crippen LogP contribution >= 0.6 is 0 Å². The molecule has 1 atom stereocenters. The van der Waals surface area contributed by atoms with Gasteiger partial charge in [0.15, 0.2) is 5.78 Å². The van der Waals surface area contributed by atoms with Crippen LogP contribution in [0.15, 0.2) is 0 Å². The standard InChI is InChI=1S/C19H38N2O2/c1-14(2)10-7-8-12-18(22)20-13-9-11-17(21-16(5)6)19(23)15(3)4/h14-17,21H,7-13H2,1-6H3,(H,20,22). The average molecular weight is 327 g/mol. The molecule has 136 valence electrons. The number of unbranched alkanes of at least 4 members (excludes halogenated alkanes) is 1. The maximum Gasteiger partial charge on any atom is 0.219 e. The minimum absolute atomic E-state index is 0.0433. The minimum atomic E-state index is -0.0991. The van der Waals surface area contributed by atoms with Crippen LogP contribution < -0.4 is 10.6 Å². The Kier molecular flexibility index (Phi) is 12.0. The normalized spacial score (nSPS) is 12.9. The van der Waals surface area contributed by atoms with Gasteiger partial charge in [0.25, 0.3) is 0 Å². The molecule has 0 bridgehead atoms. The van der Waals surface area contributed by atoms with Crippen molar-refractivity contribution >= 4 is 11.7 Å². The molecule has 0 rings (SSSR count). The van der Waals surface area contributed by atoms with Crippen LogP contribution in [0.2, 0.25) is 0 Å². The molecule has 0 saturated heterocycles. The summed E-state index contributed by atoms with van der Waals surface area (Å²) in [5.74, 6) is 1.15. The molecule has 0 aliphatic rings. The molecule has 0 aromatic rings. The summed E-state index contributed by atoms with van der Waals surface area (Å²) < 4.78 is 0. The Balaban J connectivity index is 3.92. The lowest BCUT2D eigenvalue weighted by Crippen LogP contribution is -2.43. The number of rotatable bonds is 13. The van der Waals surface area contributed by atoms with Crippen LogP contribution in [0.25, 0.3) is 0 Å². The fourth-order valence-electron chi connectivity index (χ4n) is 2.57. The molecule has 0 aliphatic heterocycles. The van der Waals surface area contributed by atoms with Gasteiger partial charge in [-0.2, -0.15) is 0 Å². The van der Waals surface area contributed by atoms with Gasteiger partial charge >= 0.3 is 0 Å². The fourth-order valence-corrected chi connectivity index (χ4v) is 2.57. The largest absolute Gasteiger partial charge is 0.356 e. The summed E-state index contributed by atoms with van der Waals surface area (Å²) in [4.78, 5) is 23.9. The molecule has 0 aliphatic carbocycles. The van der Waals surface area contributed by atoms with Gasteiger partial charge in [-0.3, -0.25) is 9.59 Å². The van der Waals surface area contributed by atoms with Crippen molar-refractivity contribution in [3.8, 4) is 0 Å². The van der Waals surface area contributed by atoms with Crippen LogP contribution in [0.1, 0.15) is 80.1 Å². The van der Waals surface area contributed by atoms with Crippen LogP contribution in [-0.2, 0) is 9.59 Å². The van der Waals surface area contributed by atoms with E-state index in [9.17, 15) is 9.59 Å². The monoisotopic (exact) mass is 326 g/mol. The number of hydrogen-bond acceptors (Lipinski definition) is 3. The molecule has 0 heterocycles. The second-order valence-corrected chi connectivity index (χ2v) is 7.56. The Morgan fingerprint density at radius 3 is 2.04 bits per heavy atom. The van der Waals surface area contributed by atoms with E-state index in [-0.39, 0.29) is 23.7 Å². The van der Waals surface area contributed by atoms with Crippen molar-refractivity contribution < 1.29 is 9.59 Å². The first kappa shape index (κ1) is 22.1. The first-order valence-electron chi connectivity index (χ1n) is 9.30. The SMILES string of the molecule is CC(C)CCCCC(=O)NCCCC(NC(C)C)C(=O)C(C)C. The van der Waals surface area contributed by atoms with E-state index in [1.54, 1.807) is 0 Å². The number of carbonyl (C=O) groups excluding carboxylic acids is 2. The van der Waals surface area contributed by atoms with Gasteiger partial charge in [0.1, 0.15) is 0 Å². The van der Waals surface area contributed by atoms with Crippen molar-refractivity contribution in [2.75, 3.05) is 6.54 Å². The lowest BCUT2D eigenvalue weighted by atomic mass is 9.97. The Morgan fingerprint density at radius 1 is 0.870 bits per heavy atom. The summed E-state index contributed by atoms with van der Waals surface area (Å²) in [6.07, 6.45) is 5.50. The molecule has 4 heteroatoms. The molecule has 23 heavy (non-hydrogen) atoms. The molecule has 1 amide bonds. The quantitative estimate of drug-likeness (QED) is 0.507. The average Bonchev–Trinajstić information content (AvgIpc) is 2.45. The third-order valence-corrected chi connectivity index (χ3v) is 3.87. The number of ketones is 1. The van der Waals surface area contributed by atoms with Crippen LogP contribution in [0.5, 0.6) is 0 Å². The second-order valence-electron chi connectivity index (χ2n) is 7.56. The van der Waals surface area contributed by atoms with Crippen LogP contribution in [0, 0.1) is 11.8 Å². The van der Waals surface area contributed by atoms with Crippen molar-refractivity contribution in [2.45, 2.75) is 92.2 Å². The topological polar surface area (TPSA) is 58.2 Å². The van der Waals surface area contributed by atoms with E-state index >= 15 is 0 Å². The van der Waals surface area contributed by atoms with Crippen molar-refractivity contribution in [3.05, 3.63) is 0 Å². The highest BCUT2D eigenvalue weighted by Crippen LogP contribution is 2.09. The van der Waals surface area contributed by atoms with Crippen molar-refractivity contribution in [2.24, 2.45) is 11.8 Å². The zero-order chi connectivity index (χ0) is 17.8. The van der Waals surface area contributed by atoms with Gasteiger partial charge in [-0.15, -0.1) is 0 Å². The molecular weight excluding hydrogens is 288 g/mol. The summed E-state index contributed by atoms with van der Waals surface area (Å²) in [5.41, 5.74) is 0. The Labute approximate surface area is 143 Å². The van der Waals surface area contributed by atoms with E-state index < -0.39 is 0 Å². The van der Waals surface area contributed by atoms with Crippen molar-refractivity contribution in [1.29, 1.82) is 0 Å². The zero-order valence-electron chi connectivity index (χ0n) is 16.1. The lowest BCUT2D eigenvalue weighted by Gasteiger charge is -2.22. The summed E-state index contributed by atoms with van der Waals surface area (Å²) in [5, 5.41) is 6.31. The van der Waals surface area contributed by atoms with Crippen LogP contribution in [0.4, 0.5) is 0 Å². The summed E-state index contributed by atoms with van der Waals surface area (Å²) in [7, 11) is 0. The molecule has 0 radical (unpaired) electrons. The smallest absolute Gasteiger partial charge is 0.219 e. The van der Waals surface area contributed by atoms with E-state index in [2.05, 4.69) is 38.3 Å². The second kappa shape index (κ2) is 12.5. The molecule has 4 nitrogen and oxygen atoms in total. The molecule has 0 saturated carbocycles. The van der Waals surface area contributed by atoms with E-state index in [4.69, 9.17) is 0 Å². The van der Waals surface area contributed by atoms with Gasteiger partial charge in [-0.05, 0) is 25.2 Å². The molecule has 0 spiro atoms. The fraction of sp³-hybridized carbons (Fsp3) is 0.895. The maximum absolute atomic E-state index is 12.2. The first-order valence-corrected chi connectivity index (χ1v) is 9.30. The lowest BCUT2D eigenvalue weighted by molar-refractivity contribution is -0.124. The molecule has 0 aromatic carbocycles.